The third-order valence-corrected chi connectivity index (χ3v) is 5.00. The molecule has 0 radical (unpaired) electrons. The number of benzene rings is 1. The van der Waals surface area contributed by atoms with Crippen molar-refractivity contribution in [2.75, 3.05) is 5.32 Å². The van der Waals surface area contributed by atoms with E-state index >= 15 is 0 Å². The van der Waals surface area contributed by atoms with E-state index in [0.29, 0.717) is 26.7 Å². The van der Waals surface area contributed by atoms with Gasteiger partial charge in [-0.3, -0.25) is 14.9 Å². The van der Waals surface area contributed by atoms with Crippen LogP contribution in [0.3, 0.4) is 0 Å². The third kappa shape index (κ3) is 4.06. The van der Waals surface area contributed by atoms with Gasteiger partial charge in [-0.15, -0.1) is 0 Å². The zero-order chi connectivity index (χ0) is 20.6. The fourth-order valence-electron chi connectivity index (χ4n) is 2.68. The Labute approximate surface area is 168 Å². The molecule has 8 heteroatoms. The highest BCUT2D eigenvalue weighted by Gasteiger charge is 2.27. The maximum Gasteiger partial charge on any atom is 0.273 e. The zero-order valence-electron chi connectivity index (χ0n) is 17.0. The second-order valence-electron chi connectivity index (χ2n) is 8.05. The van der Waals surface area contributed by atoms with E-state index in [0.717, 1.165) is 5.56 Å². The van der Waals surface area contributed by atoms with Crippen LogP contribution in [0.5, 0.6) is 0 Å². The molecular formula is C20H25N5O2S. The predicted molar refractivity (Wildman–Crippen MR) is 112 cm³/mol. The van der Waals surface area contributed by atoms with Crippen LogP contribution in [0.15, 0.2) is 24.3 Å². The van der Waals surface area contributed by atoms with Crippen LogP contribution in [0.2, 0.25) is 0 Å². The highest BCUT2D eigenvalue weighted by atomic mass is 32.1. The summed E-state index contributed by atoms with van der Waals surface area (Å²) in [6, 6.07) is 7.32. The topological polar surface area (TPSA) is 88.9 Å². The molecule has 0 saturated heterocycles. The smallest absolute Gasteiger partial charge is 0.273 e. The van der Waals surface area contributed by atoms with Crippen molar-refractivity contribution in [1.29, 1.82) is 0 Å². The average molecular weight is 400 g/mol. The molecule has 2 N–H and O–H groups in total. The molecule has 0 unspecified atom stereocenters. The molecule has 0 fully saturated rings. The van der Waals surface area contributed by atoms with Gasteiger partial charge in [0.2, 0.25) is 0 Å². The lowest BCUT2D eigenvalue weighted by atomic mass is 10.1. The summed E-state index contributed by atoms with van der Waals surface area (Å²) in [7, 11) is 0. The van der Waals surface area contributed by atoms with Gasteiger partial charge in [0.05, 0.1) is 5.54 Å². The maximum atomic E-state index is 12.6. The van der Waals surface area contributed by atoms with E-state index in [-0.39, 0.29) is 23.4 Å². The van der Waals surface area contributed by atoms with Gasteiger partial charge in [-0.2, -0.15) is 10.1 Å². The second-order valence-corrected chi connectivity index (χ2v) is 9.05. The summed E-state index contributed by atoms with van der Waals surface area (Å²) >= 11 is 1.26. The third-order valence-electron chi connectivity index (χ3n) is 4.03. The molecule has 7 nitrogen and oxygen atoms in total. The standard InChI is InChI=1S/C20H25N5O2S/c1-11(2)21-18(27)14-15-16(25(24-14)20(4,5)6)22-19(28-15)23-17(26)13-9-7-12(3)8-10-13/h7-11H,1-6H3,(H,21,27)(H,22,23,26). The Kier molecular flexibility index (Phi) is 5.25. The first kappa shape index (κ1) is 20.0. The lowest BCUT2D eigenvalue weighted by Gasteiger charge is -2.19. The number of anilines is 1. The van der Waals surface area contributed by atoms with Gasteiger partial charge in [0.25, 0.3) is 11.8 Å². The fourth-order valence-corrected chi connectivity index (χ4v) is 3.60. The quantitative estimate of drug-likeness (QED) is 0.695. The fraction of sp³-hybridized carbons (Fsp3) is 0.400. The summed E-state index contributed by atoms with van der Waals surface area (Å²) in [5.74, 6) is -0.483. The van der Waals surface area contributed by atoms with Crippen molar-refractivity contribution < 1.29 is 9.59 Å². The van der Waals surface area contributed by atoms with Crippen LogP contribution >= 0.6 is 11.3 Å². The molecule has 148 valence electrons. The molecule has 0 aliphatic heterocycles. The van der Waals surface area contributed by atoms with Crippen LogP contribution in [-0.4, -0.2) is 32.6 Å². The van der Waals surface area contributed by atoms with Gasteiger partial charge in [0.1, 0.15) is 4.70 Å². The van der Waals surface area contributed by atoms with Crippen molar-refractivity contribution in [3.05, 3.63) is 41.1 Å². The minimum absolute atomic E-state index is 0.00373. The summed E-state index contributed by atoms with van der Waals surface area (Å²) in [5.41, 5.74) is 2.20. The van der Waals surface area contributed by atoms with E-state index in [9.17, 15) is 9.59 Å². The van der Waals surface area contributed by atoms with Crippen LogP contribution in [0, 0.1) is 6.92 Å². The van der Waals surface area contributed by atoms with E-state index in [2.05, 4.69) is 20.7 Å². The number of nitrogens with one attached hydrogen (secondary N) is 2. The number of thiazole rings is 1. The van der Waals surface area contributed by atoms with Gasteiger partial charge < -0.3 is 5.32 Å². The molecule has 28 heavy (non-hydrogen) atoms. The number of nitrogens with zero attached hydrogens (tertiary/aromatic N) is 3. The van der Waals surface area contributed by atoms with Crippen molar-refractivity contribution in [3.63, 3.8) is 0 Å². The first-order valence-corrected chi connectivity index (χ1v) is 9.97. The Morgan fingerprint density at radius 1 is 1.11 bits per heavy atom. The van der Waals surface area contributed by atoms with Gasteiger partial charge in [0, 0.05) is 11.6 Å². The van der Waals surface area contributed by atoms with E-state index in [1.807, 2.05) is 53.7 Å². The first-order chi connectivity index (χ1) is 13.1. The Hall–Kier alpha value is -2.74. The monoisotopic (exact) mass is 399 g/mol. The number of hydrogen-bond donors (Lipinski definition) is 2. The van der Waals surface area contributed by atoms with Crippen LogP contribution < -0.4 is 10.6 Å². The maximum absolute atomic E-state index is 12.6. The van der Waals surface area contributed by atoms with Gasteiger partial charge in [-0.25, -0.2) is 4.68 Å². The van der Waals surface area contributed by atoms with Crippen LogP contribution in [-0.2, 0) is 5.54 Å². The summed E-state index contributed by atoms with van der Waals surface area (Å²) in [5, 5.41) is 10.6. The number of amides is 2. The summed E-state index contributed by atoms with van der Waals surface area (Å²) < 4.78 is 2.39. The Balaban J connectivity index is 1.99. The number of fused-ring (bicyclic) bond motifs is 1. The van der Waals surface area contributed by atoms with Crippen molar-refractivity contribution in [1.82, 2.24) is 20.1 Å². The molecule has 2 amide bonds. The van der Waals surface area contributed by atoms with Gasteiger partial charge in [-0.1, -0.05) is 29.0 Å². The van der Waals surface area contributed by atoms with Gasteiger partial charge in [-0.05, 0) is 53.7 Å². The van der Waals surface area contributed by atoms with E-state index in [4.69, 9.17) is 0 Å². The number of carbonyl (C=O) groups excluding carboxylic acids is 2. The van der Waals surface area contributed by atoms with Crippen molar-refractivity contribution >= 4 is 38.6 Å². The number of carbonyl (C=O) groups is 2. The molecular weight excluding hydrogens is 374 g/mol. The van der Waals surface area contributed by atoms with Crippen molar-refractivity contribution in [3.8, 4) is 0 Å². The SMILES string of the molecule is Cc1ccc(C(=O)Nc2nc3c(s2)c(C(=O)NC(C)C)nn3C(C)(C)C)cc1. The Bertz CT molecular complexity index is 1030. The number of aromatic nitrogens is 3. The van der Waals surface area contributed by atoms with Crippen LogP contribution in [0.1, 0.15) is 61.0 Å². The first-order valence-electron chi connectivity index (χ1n) is 9.15. The molecule has 0 aliphatic carbocycles. The molecule has 2 heterocycles. The Morgan fingerprint density at radius 2 is 1.75 bits per heavy atom. The van der Waals surface area contributed by atoms with Gasteiger partial charge in [0.15, 0.2) is 16.5 Å². The molecule has 3 aromatic rings. The summed E-state index contributed by atoms with van der Waals surface area (Å²) in [4.78, 5) is 29.7. The number of rotatable bonds is 4. The number of hydrogen-bond acceptors (Lipinski definition) is 5. The zero-order valence-corrected chi connectivity index (χ0v) is 17.8. The molecule has 3 rings (SSSR count). The predicted octanol–water partition coefficient (Wildman–Crippen LogP) is 3.95. The largest absolute Gasteiger partial charge is 0.348 e. The lowest BCUT2D eigenvalue weighted by Crippen LogP contribution is -2.31. The van der Waals surface area contributed by atoms with E-state index in [1.54, 1.807) is 16.8 Å². The van der Waals surface area contributed by atoms with E-state index < -0.39 is 0 Å². The molecule has 0 saturated carbocycles. The molecule has 2 aromatic heterocycles. The minimum atomic E-state index is -0.360. The Morgan fingerprint density at radius 3 is 2.32 bits per heavy atom. The van der Waals surface area contributed by atoms with Crippen LogP contribution in [0.25, 0.3) is 10.3 Å². The minimum Gasteiger partial charge on any atom is -0.348 e. The van der Waals surface area contributed by atoms with Crippen LogP contribution in [0.4, 0.5) is 5.13 Å². The van der Waals surface area contributed by atoms with Crippen molar-refractivity contribution in [2.45, 2.75) is 53.1 Å². The normalized spacial score (nSPS) is 11.8. The van der Waals surface area contributed by atoms with Crippen molar-refractivity contribution in [2.24, 2.45) is 0 Å². The molecule has 0 aliphatic rings. The molecule has 0 bridgehead atoms. The highest BCUT2D eigenvalue weighted by molar-refractivity contribution is 7.22. The average Bonchev–Trinajstić information content (AvgIpc) is 3.12. The number of aryl methyl sites for hydroxylation is 1. The van der Waals surface area contributed by atoms with Gasteiger partial charge >= 0.3 is 0 Å². The highest BCUT2D eigenvalue weighted by Crippen LogP contribution is 2.32. The second kappa shape index (κ2) is 7.35. The van der Waals surface area contributed by atoms with E-state index in [1.165, 1.54) is 11.3 Å². The molecule has 1 aromatic carbocycles. The lowest BCUT2D eigenvalue weighted by molar-refractivity contribution is 0.0937. The summed E-state index contributed by atoms with van der Waals surface area (Å²) in [6.45, 7) is 11.7. The molecule has 0 spiro atoms. The summed E-state index contributed by atoms with van der Waals surface area (Å²) in [6.07, 6.45) is 0. The molecule has 0 atom stereocenters.